The molecule has 0 aromatic heterocycles. The zero-order valence-corrected chi connectivity index (χ0v) is 22.1. The summed E-state index contributed by atoms with van der Waals surface area (Å²) in [7, 11) is 0. The molecule has 0 rings (SSSR count). The lowest BCUT2D eigenvalue weighted by atomic mass is 10.0. The second kappa shape index (κ2) is 18.7. The number of guanidine groups is 1. The Balaban J connectivity index is 5.45. The molecule has 0 saturated heterocycles. The highest BCUT2D eigenvalue weighted by atomic mass is 16.4. The third-order valence-corrected chi connectivity index (χ3v) is 5.53. The molecule has 15 nitrogen and oxygen atoms in total. The van der Waals surface area contributed by atoms with E-state index in [0.717, 1.165) is 0 Å². The van der Waals surface area contributed by atoms with E-state index in [1.807, 2.05) is 0 Å². The maximum Gasteiger partial charge on any atom is 0.326 e. The first-order chi connectivity index (χ1) is 17.8. The average molecular weight is 545 g/mol. The van der Waals surface area contributed by atoms with E-state index in [1.165, 1.54) is 0 Å². The summed E-state index contributed by atoms with van der Waals surface area (Å²) in [6.07, 6.45) is 1.44. The summed E-state index contributed by atoms with van der Waals surface area (Å²) in [5, 5.41) is 35.7. The molecule has 38 heavy (non-hydrogen) atoms. The van der Waals surface area contributed by atoms with Crippen molar-refractivity contribution in [2.45, 2.75) is 89.4 Å². The highest BCUT2D eigenvalue weighted by Crippen LogP contribution is 2.09. The van der Waals surface area contributed by atoms with Crippen LogP contribution in [0, 0.1) is 11.3 Å². The molecule has 0 bridgehead atoms. The minimum Gasteiger partial charge on any atom is -0.481 e. The van der Waals surface area contributed by atoms with Gasteiger partial charge in [-0.05, 0) is 51.0 Å². The molecular weight excluding hydrogens is 500 g/mol. The summed E-state index contributed by atoms with van der Waals surface area (Å²) >= 11 is 0. The molecule has 0 aliphatic carbocycles. The predicted molar refractivity (Wildman–Crippen MR) is 140 cm³/mol. The van der Waals surface area contributed by atoms with Crippen LogP contribution in [-0.4, -0.2) is 83.1 Å². The largest absolute Gasteiger partial charge is 0.481 e. The predicted octanol–water partition coefficient (Wildman–Crippen LogP) is -1.84. The Hall–Kier alpha value is -3.46. The number of carbonyl (C=O) groups excluding carboxylic acids is 3. The Kier molecular flexibility index (Phi) is 17.0. The van der Waals surface area contributed by atoms with Crippen LogP contribution >= 0.6 is 0 Å². The smallest absolute Gasteiger partial charge is 0.326 e. The highest BCUT2D eigenvalue weighted by Gasteiger charge is 2.31. The van der Waals surface area contributed by atoms with Gasteiger partial charge in [0.2, 0.25) is 17.7 Å². The van der Waals surface area contributed by atoms with E-state index < -0.39 is 60.2 Å². The van der Waals surface area contributed by atoms with Gasteiger partial charge in [0.15, 0.2) is 5.96 Å². The lowest BCUT2D eigenvalue weighted by Gasteiger charge is -2.26. The normalized spacial score (nSPS) is 14.0. The fourth-order valence-electron chi connectivity index (χ4n) is 3.49. The summed E-state index contributed by atoms with van der Waals surface area (Å²) in [6, 6.07) is -4.58. The number of carboxylic acids is 2. The lowest BCUT2D eigenvalue weighted by molar-refractivity contribution is -0.142. The Morgan fingerprint density at radius 2 is 1.39 bits per heavy atom. The van der Waals surface area contributed by atoms with E-state index >= 15 is 0 Å². The van der Waals surface area contributed by atoms with Crippen molar-refractivity contribution >= 4 is 35.6 Å². The molecule has 4 atom stereocenters. The van der Waals surface area contributed by atoms with E-state index in [9.17, 15) is 29.1 Å². The van der Waals surface area contributed by atoms with Crippen molar-refractivity contribution in [3.8, 4) is 0 Å². The lowest BCUT2D eigenvalue weighted by Crippen LogP contribution is -2.57. The van der Waals surface area contributed by atoms with Crippen molar-refractivity contribution in [2.75, 3.05) is 13.1 Å². The number of nitrogens with one attached hydrogen (secondary N) is 5. The van der Waals surface area contributed by atoms with Crippen LogP contribution in [0.2, 0.25) is 0 Å². The van der Waals surface area contributed by atoms with E-state index in [1.54, 1.807) is 13.8 Å². The summed E-state index contributed by atoms with van der Waals surface area (Å²) in [5.41, 5.74) is 16.5. The van der Waals surface area contributed by atoms with Crippen molar-refractivity contribution in [1.29, 1.82) is 5.41 Å². The Morgan fingerprint density at radius 3 is 1.92 bits per heavy atom. The second-order valence-corrected chi connectivity index (χ2v) is 9.46. The van der Waals surface area contributed by atoms with E-state index in [2.05, 4.69) is 21.3 Å². The van der Waals surface area contributed by atoms with Crippen molar-refractivity contribution in [2.24, 2.45) is 23.1 Å². The molecule has 0 fully saturated rings. The van der Waals surface area contributed by atoms with Gasteiger partial charge in [-0.2, -0.15) is 0 Å². The van der Waals surface area contributed by atoms with Crippen molar-refractivity contribution < 1.29 is 34.2 Å². The van der Waals surface area contributed by atoms with Gasteiger partial charge < -0.3 is 48.7 Å². The Morgan fingerprint density at radius 1 is 0.816 bits per heavy atom. The summed E-state index contributed by atoms with van der Waals surface area (Å²) in [4.78, 5) is 61.3. The molecule has 0 aromatic rings. The summed E-state index contributed by atoms with van der Waals surface area (Å²) in [6.45, 7) is 4.28. The van der Waals surface area contributed by atoms with Gasteiger partial charge in [-0.25, -0.2) is 4.79 Å². The number of carbonyl (C=O) groups is 5. The van der Waals surface area contributed by atoms with Gasteiger partial charge in [-0.1, -0.05) is 20.3 Å². The van der Waals surface area contributed by atoms with Gasteiger partial charge in [-0.3, -0.25) is 24.6 Å². The first kappa shape index (κ1) is 34.5. The number of rotatable bonds is 20. The summed E-state index contributed by atoms with van der Waals surface area (Å²) < 4.78 is 0. The van der Waals surface area contributed by atoms with E-state index in [0.29, 0.717) is 32.2 Å². The topological polar surface area (TPSA) is 276 Å². The van der Waals surface area contributed by atoms with Gasteiger partial charge in [0.25, 0.3) is 0 Å². The average Bonchev–Trinajstić information content (AvgIpc) is 2.82. The highest BCUT2D eigenvalue weighted by molar-refractivity contribution is 5.94. The van der Waals surface area contributed by atoms with Crippen molar-refractivity contribution in [3.63, 3.8) is 0 Å². The van der Waals surface area contributed by atoms with Gasteiger partial charge in [0.1, 0.15) is 18.1 Å². The molecule has 0 aromatic carbocycles. The number of aliphatic carboxylic acids is 2. The SMILES string of the molecule is CC(C)C[C@H](NC(=O)[C@H](CCC(=O)O)NC(=O)[C@H](N)CCCCN)C(=O)N[C@@H](CCCNC(=N)N)C(=O)O. The maximum atomic E-state index is 13.1. The number of hydrogen-bond donors (Lipinski definition) is 10. The van der Waals surface area contributed by atoms with Crippen LogP contribution in [-0.2, 0) is 24.0 Å². The Labute approximate surface area is 222 Å². The van der Waals surface area contributed by atoms with Crippen LogP contribution in [0.15, 0.2) is 0 Å². The third-order valence-electron chi connectivity index (χ3n) is 5.53. The molecule has 0 saturated carbocycles. The fraction of sp³-hybridized carbons (Fsp3) is 0.739. The van der Waals surface area contributed by atoms with Gasteiger partial charge in [-0.15, -0.1) is 0 Å². The molecule has 0 unspecified atom stereocenters. The molecular formula is C23H44N8O7. The molecule has 0 spiro atoms. The van der Waals surface area contributed by atoms with Gasteiger partial charge >= 0.3 is 11.9 Å². The van der Waals surface area contributed by atoms with Crippen LogP contribution in [0.3, 0.4) is 0 Å². The zero-order chi connectivity index (χ0) is 29.3. The van der Waals surface area contributed by atoms with Crippen LogP contribution < -0.4 is 38.5 Å². The molecule has 0 aliphatic heterocycles. The van der Waals surface area contributed by atoms with Gasteiger partial charge in [0.05, 0.1) is 6.04 Å². The molecule has 15 heteroatoms. The molecule has 0 aliphatic rings. The zero-order valence-electron chi connectivity index (χ0n) is 22.1. The maximum absolute atomic E-state index is 13.1. The fourth-order valence-corrected chi connectivity index (χ4v) is 3.49. The summed E-state index contributed by atoms with van der Waals surface area (Å²) in [5.74, 6) is -4.94. The molecule has 3 amide bonds. The standard InChI is InChI=1S/C23H44N8O7/c1-13(2)12-17(21(36)30-16(22(37)38)7-5-11-28-23(26)27)31-20(35)15(8-9-18(32)33)29-19(34)14(25)6-3-4-10-24/h13-17H,3-12,24-25H2,1-2H3,(H,29,34)(H,30,36)(H,31,35)(H,32,33)(H,37,38)(H4,26,27,28)/t14-,15+,16+,17+/m1/s1. The molecule has 0 heterocycles. The monoisotopic (exact) mass is 544 g/mol. The first-order valence-corrected chi connectivity index (χ1v) is 12.7. The van der Waals surface area contributed by atoms with E-state index in [-0.39, 0.29) is 37.7 Å². The van der Waals surface area contributed by atoms with Crippen LogP contribution in [0.4, 0.5) is 0 Å². The van der Waals surface area contributed by atoms with Crippen LogP contribution in [0.25, 0.3) is 0 Å². The van der Waals surface area contributed by atoms with Crippen LogP contribution in [0.5, 0.6) is 0 Å². The molecule has 218 valence electrons. The number of carboxylic acid groups (broad SMARTS) is 2. The Bertz CT molecular complexity index is 809. The number of amides is 3. The minimum absolute atomic E-state index is 0.0447. The van der Waals surface area contributed by atoms with Crippen molar-refractivity contribution in [1.82, 2.24) is 21.3 Å². The minimum atomic E-state index is -1.27. The van der Waals surface area contributed by atoms with Crippen molar-refractivity contribution in [3.05, 3.63) is 0 Å². The number of hydrogen-bond acceptors (Lipinski definition) is 8. The number of unbranched alkanes of at least 4 members (excludes halogenated alkanes) is 1. The van der Waals surface area contributed by atoms with E-state index in [4.69, 9.17) is 27.7 Å². The molecule has 13 N–H and O–H groups in total. The number of nitrogens with two attached hydrogens (primary N) is 3. The first-order valence-electron chi connectivity index (χ1n) is 12.7. The van der Waals surface area contributed by atoms with Crippen LogP contribution in [0.1, 0.15) is 65.2 Å². The third kappa shape index (κ3) is 15.6. The quantitative estimate of drug-likeness (QED) is 0.0461. The second-order valence-electron chi connectivity index (χ2n) is 9.46. The van der Waals surface area contributed by atoms with Gasteiger partial charge in [0, 0.05) is 13.0 Å². The molecule has 0 radical (unpaired) electrons.